The van der Waals surface area contributed by atoms with Crippen molar-refractivity contribution in [2.24, 2.45) is 4.99 Å². The maximum atomic E-state index is 10.4. The molecule has 0 fully saturated rings. The van der Waals surface area contributed by atoms with Crippen LogP contribution in [0, 0.1) is 0 Å². The molecule has 1 N–H and O–H groups in total. The number of aliphatic imine (C=N–C) groups is 1. The van der Waals surface area contributed by atoms with Crippen LogP contribution in [0.3, 0.4) is 0 Å². The van der Waals surface area contributed by atoms with Crippen molar-refractivity contribution in [3.8, 4) is 16.9 Å². The lowest BCUT2D eigenvalue weighted by atomic mass is 10.0. The second-order valence-electron chi connectivity index (χ2n) is 4.70. The fourth-order valence-corrected chi connectivity index (χ4v) is 2.17. The zero-order valence-corrected chi connectivity index (χ0v) is 11.5. The maximum Gasteiger partial charge on any atom is 0.132 e. The largest absolute Gasteiger partial charge is 0.507 e. The van der Waals surface area contributed by atoms with E-state index in [-0.39, 0.29) is 5.75 Å². The van der Waals surface area contributed by atoms with Crippen molar-refractivity contribution >= 4 is 11.9 Å². The van der Waals surface area contributed by atoms with Gasteiger partial charge in [0, 0.05) is 17.3 Å². The molecule has 0 radical (unpaired) electrons. The number of rotatable bonds is 3. The summed E-state index contributed by atoms with van der Waals surface area (Å²) in [5.74, 6) is 0.253. The van der Waals surface area contributed by atoms with E-state index in [2.05, 4.69) is 4.99 Å². The molecule has 21 heavy (non-hydrogen) atoms. The lowest BCUT2D eigenvalue weighted by molar-refractivity contribution is 0.476. The molecular formula is C19H15NO. The molecule has 3 aromatic rings. The quantitative estimate of drug-likeness (QED) is 0.682. The Morgan fingerprint density at radius 2 is 1.38 bits per heavy atom. The van der Waals surface area contributed by atoms with Crippen LogP contribution in [-0.4, -0.2) is 11.3 Å². The molecule has 3 rings (SSSR count). The molecule has 0 atom stereocenters. The van der Waals surface area contributed by atoms with Gasteiger partial charge in [-0.3, -0.25) is 4.99 Å². The van der Waals surface area contributed by atoms with Gasteiger partial charge in [0.2, 0.25) is 0 Å². The molecule has 0 amide bonds. The number of nitrogens with zero attached hydrogens (tertiary/aromatic N) is 1. The summed E-state index contributed by atoms with van der Waals surface area (Å²) < 4.78 is 0. The third-order valence-electron chi connectivity index (χ3n) is 3.26. The van der Waals surface area contributed by atoms with Crippen molar-refractivity contribution in [1.82, 2.24) is 0 Å². The van der Waals surface area contributed by atoms with Crippen LogP contribution in [0.15, 0.2) is 83.9 Å². The van der Waals surface area contributed by atoms with E-state index in [1.165, 1.54) is 0 Å². The molecule has 0 saturated heterocycles. The van der Waals surface area contributed by atoms with Gasteiger partial charge < -0.3 is 5.11 Å². The van der Waals surface area contributed by atoms with Crippen molar-refractivity contribution in [2.45, 2.75) is 0 Å². The molecule has 0 spiro atoms. The Labute approximate surface area is 124 Å². The molecule has 2 nitrogen and oxygen atoms in total. The van der Waals surface area contributed by atoms with Crippen LogP contribution in [0.2, 0.25) is 0 Å². The number of phenolic OH excluding ortho intramolecular Hbond substituents is 1. The third-order valence-corrected chi connectivity index (χ3v) is 3.26. The van der Waals surface area contributed by atoms with E-state index in [0.717, 1.165) is 16.8 Å². The summed E-state index contributed by atoms with van der Waals surface area (Å²) in [6.45, 7) is 0. The van der Waals surface area contributed by atoms with Crippen LogP contribution >= 0.6 is 0 Å². The highest BCUT2D eigenvalue weighted by Gasteiger charge is 2.06. The van der Waals surface area contributed by atoms with Gasteiger partial charge in [-0.05, 0) is 23.8 Å². The van der Waals surface area contributed by atoms with Gasteiger partial charge in [0.1, 0.15) is 5.75 Å². The highest BCUT2D eigenvalue weighted by molar-refractivity contribution is 5.89. The predicted octanol–water partition coefficient (Wildman–Crippen LogP) is 4.81. The molecule has 2 heteroatoms. The lowest BCUT2D eigenvalue weighted by Crippen LogP contribution is -1.86. The van der Waals surface area contributed by atoms with Gasteiger partial charge in [-0.1, -0.05) is 60.7 Å². The van der Waals surface area contributed by atoms with E-state index in [4.69, 9.17) is 0 Å². The number of phenols is 1. The molecule has 0 heterocycles. The van der Waals surface area contributed by atoms with Crippen LogP contribution in [0.1, 0.15) is 5.56 Å². The van der Waals surface area contributed by atoms with Crippen molar-refractivity contribution in [1.29, 1.82) is 0 Å². The first-order valence-electron chi connectivity index (χ1n) is 6.81. The molecular weight excluding hydrogens is 258 g/mol. The minimum Gasteiger partial charge on any atom is -0.507 e. The number of aromatic hydroxyl groups is 1. The lowest BCUT2D eigenvalue weighted by Gasteiger charge is -2.07. The topological polar surface area (TPSA) is 32.6 Å². The Morgan fingerprint density at radius 1 is 0.714 bits per heavy atom. The van der Waals surface area contributed by atoms with Crippen molar-refractivity contribution in [3.05, 3.63) is 84.4 Å². The molecule has 0 aromatic heterocycles. The summed E-state index contributed by atoms with van der Waals surface area (Å²) in [5.41, 5.74) is 3.37. The molecule has 0 saturated carbocycles. The Balaban J connectivity index is 1.96. The standard InChI is InChI=1S/C19H15NO/c21-19-16(14-20-17-11-5-2-6-12-17)10-7-13-18(19)15-8-3-1-4-9-15/h1-14,21H/b20-14+. The first kappa shape index (κ1) is 13.1. The number of hydrogen-bond donors (Lipinski definition) is 1. The smallest absolute Gasteiger partial charge is 0.132 e. The average molecular weight is 273 g/mol. The Bertz CT molecular complexity index is 749. The van der Waals surface area contributed by atoms with E-state index in [9.17, 15) is 5.11 Å². The number of hydrogen-bond acceptors (Lipinski definition) is 2. The van der Waals surface area contributed by atoms with Gasteiger partial charge in [0.25, 0.3) is 0 Å². The molecule has 102 valence electrons. The van der Waals surface area contributed by atoms with E-state index >= 15 is 0 Å². The second kappa shape index (κ2) is 6.06. The molecule has 0 aliphatic carbocycles. The second-order valence-corrected chi connectivity index (χ2v) is 4.70. The van der Waals surface area contributed by atoms with Gasteiger partial charge in [0.05, 0.1) is 5.69 Å². The first-order chi connectivity index (χ1) is 10.3. The number of benzene rings is 3. The molecule has 3 aromatic carbocycles. The van der Waals surface area contributed by atoms with Crippen molar-refractivity contribution in [3.63, 3.8) is 0 Å². The van der Waals surface area contributed by atoms with Crippen molar-refractivity contribution in [2.75, 3.05) is 0 Å². The maximum absolute atomic E-state index is 10.4. The van der Waals surface area contributed by atoms with Crippen LogP contribution < -0.4 is 0 Å². The summed E-state index contributed by atoms with van der Waals surface area (Å²) in [7, 11) is 0. The van der Waals surface area contributed by atoms with Gasteiger partial charge in [-0.25, -0.2) is 0 Å². The molecule has 0 unspecified atom stereocenters. The Morgan fingerprint density at radius 3 is 2.10 bits per heavy atom. The zero-order valence-electron chi connectivity index (χ0n) is 11.5. The summed E-state index contributed by atoms with van der Waals surface area (Å²) >= 11 is 0. The van der Waals surface area contributed by atoms with Gasteiger partial charge in [0.15, 0.2) is 0 Å². The van der Waals surface area contributed by atoms with Crippen molar-refractivity contribution < 1.29 is 5.11 Å². The SMILES string of the molecule is Oc1c(/C=N/c2ccccc2)cccc1-c1ccccc1. The van der Waals surface area contributed by atoms with E-state index < -0.39 is 0 Å². The fourth-order valence-electron chi connectivity index (χ4n) is 2.17. The minimum absolute atomic E-state index is 0.253. The first-order valence-corrected chi connectivity index (χ1v) is 6.81. The van der Waals surface area contributed by atoms with E-state index in [1.54, 1.807) is 6.21 Å². The van der Waals surface area contributed by atoms with E-state index in [1.807, 2.05) is 78.9 Å². The number of para-hydroxylation sites is 2. The Hall–Kier alpha value is -2.87. The highest BCUT2D eigenvalue weighted by Crippen LogP contribution is 2.31. The summed E-state index contributed by atoms with van der Waals surface area (Å²) in [6.07, 6.45) is 1.69. The monoisotopic (exact) mass is 273 g/mol. The van der Waals surface area contributed by atoms with Crippen LogP contribution in [-0.2, 0) is 0 Å². The van der Waals surface area contributed by atoms with Gasteiger partial charge in [-0.15, -0.1) is 0 Å². The average Bonchev–Trinajstić information content (AvgIpc) is 2.56. The zero-order chi connectivity index (χ0) is 14.5. The normalized spacial score (nSPS) is 10.9. The van der Waals surface area contributed by atoms with Crippen LogP contribution in [0.5, 0.6) is 5.75 Å². The highest BCUT2D eigenvalue weighted by atomic mass is 16.3. The van der Waals surface area contributed by atoms with Crippen LogP contribution in [0.4, 0.5) is 5.69 Å². The minimum atomic E-state index is 0.253. The van der Waals surface area contributed by atoms with Gasteiger partial charge >= 0.3 is 0 Å². The summed E-state index contributed by atoms with van der Waals surface area (Å²) in [5, 5.41) is 10.4. The summed E-state index contributed by atoms with van der Waals surface area (Å²) in [6, 6.07) is 25.2. The summed E-state index contributed by atoms with van der Waals surface area (Å²) in [4.78, 5) is 4.39. The molecule has 0 aliphatic rings. The predicted molar refractivity (Wildman–Crippen MR) is 87.2 cm³/mol. The molecule has 0 bridgehead atoms. The fraction of sp³-hybridized carbons (Fsp3) is 0. The van der Waals surface area contributed by atoms with E-state index in [0.29, 0.717) is 5.56 Å². The van der Waals surface area contributed by atoms with Crippen LogP contribution in [0.25, 0.3) is 11.1 Å². The Kier molecular flexibility index (Phi) is 3.79. The van der Waals surface area contributed by atoms with Gasteiger partial charge in [-0.2, -0.15) is 0 Å². The third kappa shape index (κ3) is 3.00. The molecule has 0 aliphatic heterocycles.